The van der Waals surface area contributed by atoms with Crippen LogP contribution in [0.25, 0.3) is 11.2 Å². The van der Waals surface area contributed by atoms with Crippen LogP contribution in [0.3, 0.4) is 0 Å². The molecule has 2 unspecified atom stereocenters. The Morgan fingerprint density at radius 1 is 0.634 bits per heavy atom. The van der Waals surface area contributed by atoms with Gasteiger partial charge in [0.05, 0.1) is 61.2 Å². The molecule has 0 spiro atoms. The van der Waals surface area contributed by atoms with Gasteiger partial charge in [-0.15, -0.1) is 10.1 Å². The molecule has 0 aliphatic rings. The molecule has 7 N–H and O–H groups in total. The second kappa shape index (κ2) is 56.2. The highest BCUT2D eigenvalue weighted by Crippen LogP contribution is 2.50. The number of carbonyl (C=O) groups is 4. The molecule has 0 saturated heterocycles. The van der Waals surface area contributed by atoms with E-state index in [9.17, 15) is 48.3 Å². The van der Waals surface area contributed by atoms with E-state index < -0.39 is 62.6 Å². The first-order valence-corrected chi connectivity index (χ1v) is 41.5. The van der Waals surface area contributed by atoms with Crippen molar-refractivity contribution < 1.29 is 85.4 Å². The van der Waals surface area contributed by atoms with Crippen molar-refractivity contribution in [2.24, 2.45) is 23.7 Å². The van der Waals surface area contributed by atoms with Crippen molar-refractivity contribution in [1.29, 1.82) is 0 Å². The molecule has 0 aliphatic carbocycles. The van der Waals surface area contributed by atoms with Crippen LogP contribution in [0, 0.1) is 40.7 Å². The number of anilines is 3. The minimum atomic E-state index is -3.89. The van der Waals surface area contributed by atoms with Crippen LogP contribution in [-0.2, 0) is 75.0 Å². The van der Waals surface area contributed by atoms with Crippen LogP contribution in [0.2, 0.25) is 0 Å². The molecule has 0 saturated carbocycles. The zero-order valence-electron chi connectivity index (χ0n) is 70.7. The van der Waals surface area contributed by atoms with Gasteiger partial charge in [-0.2, -0.15) is 4.98 Å². The summed E-state index contributed by atoms with van der Waals surface area (Å²) in [5, 5.41) is 35.0. The summed E-state index contributed by atoms with van der Waals surface area (Å²) in [5.74, 6) is 1.04. The van der Waals surface area contributed by atoms with E-state index in [-0.39, 0.29) is 72.4 Å². The first kappa shape index (κ1) is 104. The third kappa shape index (κ3) is 49.5. The topological polar surface area (TPSA) is 388 Å². The summed E-state index contributed by atoms with van der Waals surface area (Å²) in [5.41, 5.74) is 8.12. The first-order valence-electron chi connectivity index (χ1n) is 38.5. The Hall–Kier alpha value is -8.04. The van der Waals surface area contributed by atoms with Crippen LogP contribution in [0.1, 0.15) is 263 Å². The van der Waals surface area contributed by atoms with Gasteiger partial charge in [0.25, 0.3) is 16.6 Å². The Kier molecular flexibility index (Phi) is 52.2. The smallest absolute Gasteiger partial charge is 0.475 e. The SMILES string of the molecule is CC(C)CCCCC(C)C.CC(C)CCc1ccc(C(C)C)cc1.CC(C)Cc1ccc(C(C)C)cc1.CC(C)O[N+](=O)[O-].CCOP(=O)(OCC)OC(C)C.COCOP(=O)(O)OC(C)C.Cc1ccc(C(=O)OC(C)C)c(Nc2nc3ncc(CNc4ccc(C(=O)NC(CCC(=O)O)C(=O)O)cc4)nc3c(=O)[nH]2)c1. The second-order valence-corrected chi connectivity index (χ2v) is 32.7. The van der Waals surface area contributed by atoms with Gasteiger partial charge >= 0.3 is 33.6 Å². The van der Waals surface area contributed by atoms with Crippen molar-refractivity contribution in [3.05, 3.63) is 162 Å². The van der Waals surface area contributed by atoms with E-state index in [1.165, 1.54) is 92.6 Å². The fourth-order valence-corrected chi connectivity index (χ4v) is 11.7. The third-order valence-electron chi connectivity index (χ3n) is 15.0. The highest BCUT2D eigenvalue weighted by Gasteiger charge is 2.27. The van der Waals surface area contributed by atoms with Gasteiger partial charge in [0.15, 0.2) is 18.0 Å². The fraction of sp³-hybridized carbons (Fsp3) is 0.585. The standard InChI is InChI=1S/C30H31N7O8.C14H22.C13H20.C10H22.C7H17O4P.C5H13O5P.C3H7NO3/c1-15(2)45-29(44)20-9-4-16(3)12-22(20)35-30-36-25-24(27(41)37-30)33-19(14-32-25)13-31-18-7-5-17(6-8-18)26(40)34-21(28(42)43)10-11-23(38)39;1-11(2)5-6-13-7-9-14(10-8-13)12(3)4;1-10(2)9-12-5-7-13(8-6-12)11(3)4;1-9(2)7-5-6-8-10(3)4;1-5-9-12(8,10-6-2)11-7(3)4;1-5(2)10-11(6,7)9-4-8-3;1-3(2)7-4(5)6/h4-9,12,14-15,21,31H,10-11,13H2,1-3H3,(H,34,40)(H,38,39)(H,42,43)(H2,32,35,36,37,41);7-12H,5-6H2,1-4H3;5-8,10-11H,9H2,1-4H3;9-10H,5-8H2,1-4H3;7H,5-6H2,1-4H3;5H,4H2,1-3H3,(H,6,7);3H,1-2H3. The molecule has 0 bridgehead atoms. The molecular formula is C82H132N8O20P2. The number of H-pyrrole nitrogens is 1. The molecule has 28 nitrogen and oxygen atoms in total. The number of carboxylic acids is 2. The molecule has 2 atom stereocenters. The van der Waals surface area contributed by atoms with Gasteiger partial charge < -0.3 is 45.4 Å². The molecule has 630 valence electrons. The monoisotopic (exact) mass is 1610 g/mol. The predicted molar refractivity (Wildman–Crippen MR) is 443 cm³/mol. The van der Waals surface area contributed by atoms with Crippen molar-refractivity contribution in [2.45, 2.75) is 266 Å². The highest BCUT2D eigenvalue weighted by molar-refractivity contribution is 7.48. The molecular weight excluding hydrogens is 1480 g/mol. The predicted octanol–water partition coefficient (Wildman–Crippen LogP) is 19.6. The van der Waals surface area contributed by atoms with Gasteiger partial charge in [-0.25, -0.2) is 28.7 Å². The number of fused-ring (bicyclic) bond motifs is 1. The molecule has 6 rings (SSSR count). The molecule has 2 heterocycles. The number of aliphatic carboxylic acids is 2. The Morgan fingerprint density at radius 3 is 1.59 bits per heavy atom. The lowest BCUT2D eigenvalue weighted by Gasteiger charge is -2.18. The van der Waals surface area contributed by atoms with Gasteiger partial charge in [0, 0.05) is 24.8 Å². The summed E-state index contributed by atoms with van der Waals surface area (Å²) in [6.45, 7) is 46.7. The molecule has 2 aromatic heterocycles. The number of hydrogen-bond donors (Lipinski definition) is 7. The maximum absolute atomic E-state index is 12.9. The minimum absolute atomic E-state index is 0.00596. The summed E-state index contributed by atoms with van der Waals surface area (Å²) in [6, 6.07) is 28.0. The number of carboxylic acid groups (broad SMARTS) is 2. The van der Waals surface area contributed by atoms with Gasteiger partial charge in [-0.05, 0) is 202 Å². The summed E-state index contributed by atoms with van der Waals surface area (Å²) >= 11 is 0. The summed E-state index contributed by atoms with van der Waals surface area (Å²) < 4.78 is 55.8. The number of nitrogens with zero attached hydrogens (tertiary/aromatic N) is 4. The number of phosphoric acid groups is 2. The number of nitrogens with one attached hydrogen (secondary N) is 4. The lowest BCUT2D eigenvalue weighted by Crippen LogP contribution is -2.41. The molecule has 0 aliphatic heterocycles. The number of rotatable bonds is 38. The number of esters is 1. The maximum Gasteiger partial charge on any atom is 0.475 e. The molecule has 30 heteroatoms. The lowest BCUT2D eigenvalue weighted by atomic mass is 9.98. The summed E-state index contributed by atoms with van der Waals surface area (Å²) in [7, 11) is -5.81. The van der Waals surface area contributed by atoms with Crippen LogP contribution in [-0.4, -0.2) is 122 Å². The Labute approximate surface area is 665 Å². The molecule has 0 fully saturated rings. The van der Waals surface area contributed by atoms with E-state index in [1.807, 2.05) is 6.92 Å². The van der Waals surface area contributed by atoms with Crippen LogP contribution in [0.15, 0.2) is 102 Å². The first-order chi connectivity index (χ1) is 52.3. The number of benzene rings is 4. The number of aromatic amines is 1. The number of aryl methyl sites for hydroxylation is 2. The molecule has 0 radical (unpaired) electrons. The molecule has 6 aromatic rings. The van der Waals surface area contributed by atoms with Crippen molar-refractivity contribution in [1.82, 2.24) is 25.3 Å². The van der Waals surface area contributed by atoms with Crippen LogP contribution in [0.5, 0.6) is 0 Å². The maximum atomic E-state index is 12.9. The Morgan fingerprint density at radius 2 is 1.16 bits per heavy atom. The second-order valence-electron chi connectivity index (χ2n) is 29.7. The highest BCUT2D eigenvalue weighted by atomic mass is 31.2. The average molecular weight is 1610 g/mol. The van der Waals surface area contributed by atoms with Crippen LogP contribution < -0.4 is 21.5 Å². The summed E-state index contributed by atoms with van der Waals surface area (Å²) in [6.07, 6.45) is 9.04. The van der Waals surface area contributed by atoms with E-state index in [0.29, 0.717) is 42.1 Å². The normalized spacial score (nSPS) is 11.9. The van der Waals surface area contributed by atoms with E-state index in [4.69, 9.17) is 28.3 Å². The van der Waals surface area contributed by atoms with E-state index in [0.717, 1.165) is 29.2 Å². The third-order valence-corrected chi connectivity index (χ3v) is 17.9. The molecule has 1 amide bonds. The van der Waals surface area contributed by atoms with Crippen molar-refractivity contribution in [2.75, 3.05) is 37.8 Å². The number of amides is 1. The summed E-state index contributed by atoms with van der Waals surface area (Å²) in [4.78, 5) is 97.8. The average Bonchev–Trinajstić information content (AvgIpc) is 0.798. The number of methoxy groups -OCH3 is 1. The van der Waals surface area contributed by atoms with Gasteiger partial charge in [-0.1, -0.05) is 163 Å². The van der Waals surface area contributed by atoms with Crippen molar-refractivity contribution >= 4 is 67.9 Å². The van der Waals surface area contributed by atoms with E-state index in [2.05, 4.69) is 186 Å². The number of aromatic nitrogens is 4. The number of hydrogen-bond acceptors (Lipinski definition) is 22. The molecule has 112 heavy (non-hydrogen) atoms. The number of carbonyl (C=O) groups excluding carboxylic acids is 2. The van der Waals surface area contributed by atoms with Gasteiger partial charge in [-0.3, -0.25) is 42.0 Å². The fourth-order valence-electron chi connectivity index (χ4n) is 9.54. The molecule has 4 aromatic carbocycles. The Balaban J connectivity index is 0.00000149. The lowest BCUT2D eigenvalue weighted by molar-refractivity contribution is -0.766. The minimum Gasteiger partial charge on any atom is -0.481 e. The van der Waals surface area contributed by atoms with E-state index >= 15 is 0 Å². The van der Waals surface area contributed by atoms with Gasteiger partial charge in [0.2, 0.25) is 5.95 Å². The number of phosphoric ester groups is 2. The Bertz CT molecular complexity index is 3800. The van der Waals surface area contributed by atoms with Gasteiger partial charge in [0.1, 0.15) is 12.1 Å². The van der Waals surface area contributed by atoms with Crippen LogP contribution in [0.4, 0.5) is 17.3 Å². The zero-order chi connectivity index (χ0) is 85.4. The zero-order valence-corrected chi connectivity index (χ0v) is 72.5. The van der Waals surface area contributed by atoms with Crippen molar-refractivity contribution in [3.63, 3.8) is 0 Å². The van der Waals surface area contributed by atoms with E-state index in [1.54, 1.807) is 99.6 Å². The van der Waals surface area contributed by atoms with Crippen molar-refractivity contribution in [3.8, 4) is 0 Å². The number of unbranched alkanes of at least 4 members (excludes halogenated alkanes) is 1. The van der Waals surface area contributed by atoms with Crippen LogP contribution >= 0.6 is 15.6 Å². The number of ether oxygens (including phenoxy) is 2. The largest absolute Gasteiger partial charge is 0.481 e. The quantitative estimate of drug-likeness (QED) is 0.00473.